The summed E-state index contributed by atoms with van der Waals surface area (Å²) in [6.45, 7) is 5.00. The number of aromatic nitrogens is 3. The summed E-state index contributed by atoms with van der Waals surface area (Å²) in [6, 6.07) is 3.93. The molecule has 2 aromatic rings. The molecular weight excluding hydrogens is 242 g/mol. The Labute approximate surface area is 112 Å². The van der Waals surface area contributed by atoms with Gasteiger partial charge >= 0.3 is 0 Å². The molecule has 0 amide bonds. The van der Waals surface area contributed by atoms with Crippen LogP contribution in [0.15, 0.2) is 24.5 Å². The lowest BCUT2D eigenvalue weighted by Gasteiger charge is -2.22. The highest BCUT2D eigenvalue weighted by Crippen LogP contribution is 2.14. The maximum Gasteiger partial charge on any atom is 0.157 e. The molecule has 0 unspecified atom stereocenters. The molecule has 6 heteroatoms. The average molecular weight is 261 g/mol. The smallest absolute Gasteiger partial charge is 0.157 e. The number of rotatable bonds is 3. The number of hydrogen-bond acceptors (Lipinski definition) is 5. The fraction of sp³-hybridized carbons (Fsp3) is 0.538. The van der Waals surface area contributed by atoms with Gasteiger partial charge in [0.25, 0.3) is 0 Å². The predicted octanol–water partition coefficient (Wildman–Crippen LogP) is 0.234. The molecule has 0 aliphatic carbocycles. The van der Waals surface area contributed by atoms with E-state index in [0.717, 1.165) is 50.6 Å². The molecule has 3 heterocycles. The maximum absolute atomic E-state index is 9.01. The molecule has 0 radical (unpaired) electrons. The first kappa shape index (κ1) is 12.4. The van der Waals surface area contributed by atoms with E-state index in [1.54, 1.807) is 10.7 Å². The summed E-state index contributed by atoms with van der Waals surface area (Å²) < 4.78 is 1.78. The summed E-state index contributed by atoms with van der Waals surface area (Å²) in [7, 11) is 0. The molecule has 0 bridgehead atoms. The van der Waals surface area contributed by atoms with Gasteiger partial charge in [-0.3, -0.25) is 4.90 Å². The van der Waals surface area contributed by atoms with Crippen molar-refractivity contribution in [3.05, 3.63) is 24.5 Å². The summed E-state index contributed by atoms with van der Waals surface area (Å²) in [5.74, 6) is 1.01. The zero-order valence-electron chi connectivity index (χ0n) is 10.9. The Morgan fingerprint density at radius 1 is 1.16 bits per heavy atom. The van der Waals surface area contributed by atoms with Gasteiger partial charge in [0, 0.05) is 38.4 Å². The molecular formula is C13H19N5O. The van der Waals surface area contributed by atoms with Crippen LogP contribution >= 0.6 is 0 Å². The van der Waals surface area contributed by atoms with Gasteiger partial charge in [-0.1, -0.05) is 0 Å². The minimum atomic E-state index is 0.236. The van der Waals surface area contributed by atoms with Crippen LogP contribution in [-0.4, -0.2) is 63.9 Å². The van der Waals surface area contributed by atoms with Crippen LogP contribution in [0, 0.1) is 0 Å². The van der Waals surface area contributed by atoms with E-state index in [4.69, 9.17) is 5.11 Å². The molecule has 1 fully saturated rings. The Balaban J connectivity index is 1.74. The highest BCUT2D eigenvalue weighted by atomic mass is 16.3. The molecule has 19 heavy (non-hydrogen) atoms. The molecule has 1 aliphatic rings. The van der Waals surface area contributed by atoms with Gasteiger partial charge in [0.05, 0.1) is 12.8 Å². The molecule has 2 aromatic heterocycles. The number of fused-ring (bicyclic) bond motifs is 1. The molecule has 0 aromatic carbocycles. The van der Waals surface area contributed by atoms with Gasteiger partial charge in [0.2, 0.25) is 0 Å². The summed E-state index contributed by atoms with van der Waals surface area (Å²) in [4.78, 5) is 9.24. The van der Waals surface area contributed by atoms with E-state index in [2.05, 4.69) is 19.9 Å². The van der Waals surface area contributed by atoms with E-state index >= 15 is 0 Å². The highest BCUT2D eigenvalue weighted by Gasteiger charge is 2.15. The summed E-state index contributed by atoms with van der Waals surface area (Å²) in [5, 5.41) is 13.2. The van der Waals surface area contributed by atoms with Crippen molar-refractivity contribution in [2.24, 2.45) is 0 Å². The minimum Gasteiger partial charge on any atom is -0.395 e. The first-order valence-corrected chi connectivity index (χ1v) is 6.75. The second-order valence-electron chi connectivity index (χ2n) is 4.83. The van der Waals surface area contributed by atoms with E-state index in [1.807, 2.05) is 18.3 Å². The minimum absolute atomic E-state index is 0.236. The maximum atomic E-state index is 9.01. The van der Waals surface area contributed by atoms with Gasteiger partial charge in [-0.2, -0.15) is 5.10 Å². The third kappa shape index (κ3) is 2.69. The number of anilines is 1. The Morgan fingerprint density at radius 3 is 3.00 bits per heavy atom. The second-order valence-corrected chi connectivity index (χ2v) is 4.83. The molecule has 6 nitrogen and oxygen atoms in total. The zero-order valence-corrected chi connectivity index (χ0v) is 10.9. The fourth-order valence-electron chi connectivity index (χ4n) is 2.54. The Kier molecular flexibility index (Phi) is 3.61. The SMILES string of the molecule is OCCN1CCCN(c2ccn3nccc3n2)CC1. The number of aliphatic hydroxyl groups excluding tert-OH is 1. The van der Waals surface area contributed by atoms with Gasteiger partial charge in [-0.25, -0.2) is 9.50 Å². The van der Waals surface area contributed by atoms with E-state index in [9.17, 15) is 0 Å². The van der Waals surface area contributed by atoms with Crippen molar-refractivity contribution >= 4 is 11.5 Å². The largest absolute Gasteiger partial charge is 0.395 e. The highest BCUT2D eigenvalue weighted by molar-refractivity contribution is 5.47. The quantitative estimate of drug-likeness (QED) is 0.857. The van der Waals surface area contributed by atoms with Crippen LogP contribution in [-0.2, 0) is 0 Å². The molecule has 0 saturated carbocycles. The van der Waals surface area contributed by atoms with Crippen LogP contribution in [0.4, 0.5) is 5.82 Å². The van der Waals surface area contributed by atoms with Crippen LogP contribution in [0.2, 0.25) is 0 Å². The van der Waals surface area contributed by atoms with Crippen molar-refractivity contribution in [3.8, 4) is 0 Å². The monoisotopic (exact) mass is 261 g/mol. The number of aliphatic hydroxyl groups is 1. The lowest BCUT2D eigenvalue weighted by atomic mass is 10.3. The molecule has 0 spiro atoms. The molecule has 3 rings (SSSR count). The number of β-amino-alcohol motifs (C(OH)–C–C–N with tert-alkyl or cyclic N) is 1. The molecule has 1 N–H and O–H groups in total. The van der Waals surface area contributed by atoms with Crippen LogP contribution in [0.3, 0.4) is 0 Å². The standard InChI is InChI=1S/C13H19N5O/c19-11-10-16-5-1-6-17(9-8-16)12-3-7-18-13(15-12)2-4-14-18/h2-4,7,19H,1,5-6,8-11H2. The van der Waals surface area contributed by atoms with Gasteiger partial charge in [0.1, 0.15) is 5.82 Å². The summed E-state index contributed by atoms with van der Waals surface area (Å²) >= 11 is 0. The first-order chi connectivity index (χ1) is 9.36. The van der Waals surface area contributed by atoms with Crippen molar-refractivity contribution < 1.29 is 5.11 Å². The number of nitrogens with zero attached hydrogens (tertiary/aromatic N) is 5. The van der Waals surface area contributed by atoms with Gasteiger partial charge < -0.3 is 10.0 Å². The van der Waals surface area contributed by atoms with Crippen LogP contribution < -0.4 is 4.90 Å². The number of hydrogen-bond donors (Lipinski definition) is 1. The van der Waals surface area contributed by atoms with E-state index in [1.165, 1.54) is 0 Å². The van der Waals surface area contributed by atoms with Gasteiger partial charge in [-0.15, -0.1) is 0 Å². The first-order valence-electron chi connectivity index (χ1n) is 6.75. The molecule has 1 saturated heterocycles. The summed E-state index contributed by atoms with van der Waals surface area (Å²) in [6.07, 6.45) is 4.82. The van der Waals surface area contributed by atoms with E-state index < -0.39 is 0 Å². The Hall–Kier alpha value is -1.66. The van der Waals surface area contributed by atoms with Crippen LogP contribution in [0.5, 0.6) is 0 Å². The van der Waals surface area contributed by atoms with Crippen LogP contribution in [0.25, 0.3) is 5.65 Å². The lowest BCUT2D eigenvalue weighted by Crippen LogP contribution is -2.32. The topological polar surface area (TPSA) is 56.9 Å². The third-order valence-corrected chi connectivity index (χ3v) is 3.57. The fourth-order valence-corrected chi connectivity index (χ4v) is 2.54. The normalized spacial score (nSPS) is 17.8. The Morgan fingerprint density at radius 2 is 2.11 bits per heavy atom. The zero-order chi connectivity index (χ0) is 13.1. The predicted molar refractivity (Wildman–Crippen MR) is 73.3 cm³/mol. The molecule has 102 valence electrons. The van der Waals surface area contributed by atoms with Gasteiger partial charge in [-0.05, 0) is 19.0 Å². The van der Waals surface area contributed by atoms with Gasteiger partial charge in [0.15, 0.2) is 5.65 Å². The van der Waals surface area contributed by atoms with Crippen molar-refractivity contribution in [1.82, 2.24) is 19.5 Å². The van der Waals surface area contributed by atoms with Crippen LogP contribution in [0.1, 0.15) is 6.42 Å². The van der Waals surface area contributed by atoms with Crippen molar-refractivity contribution in [1.29, 1.82) is 0 Å². The second kappa shape index (κ2) is 5.54. The molecule has 0 atom stereocenters. The third-order valence-electron chi connectivity index (χ3n) is 3.57. The Bertz CT molecular complexity index is 541. The van der Waals surface area contributed by atoms with Crippen molar-refractivity contribution in [3.63, 3.8) is 0 Å². The molecule has 1 aliphatic heterocycles. The lowest BCUT2D eigenvalue weighted by molar-refractivity contribution is 0.204. The average Bonchev–Trinajstić information content (AvgIpc) is 2.77. The van der Waals surface area contributed by atoms with E-state index in [-0.39, 0.29) is 6.61 Å². The van der Waals surface area contributed by atoms with Crippen molar-refractivity contribution in [2.45, 2.75) is 6.42 Å². The van der Waals surface area contributed by atoms with E-state index in [0.29, 0.717) is 0 Å². The summed E-state index contributed by atoms with van der Waals surface area (Å²) in [5.41, 5.74) is 0.883. The van der Waals surface area contributed by atoms with Crippen molar-refractivity contribution in [2.75, 3.05) is 44.2 Å².